The molecule has 0 bridgehead atoms. The summed E-state index contributed by atoms with van der Waals surface area (Å²) in [5, 5.41) is 5.81. The molecule has 100 valence electrons. The van der Waals surface area contributed by atoms with Crippen LogP contribution in [0.25, 0.3) is 0 Å². The number of methoxy groups -OCH3 is 1. The normalized spacial score (nSPS) is 11.7. The van der Waals surface area contributed by atoms with Crippen molar-refractivity contribution in [3.8, 4) is 11.5 Å². The van der Waals surface area contributed by atoms with Crippen LogP contribution in [0.3, 0.4) is 0 Å². The maximum atomic E-state index is 11.5. The number of nitrogens with one attached hydrogen (secondary N) is 2. The quantitative estimate of drug-likeness (QED) is 0.753. The molecule has 0 saturated heterocycles. The number of ether oxygens (including phenoxy) is 2. The summed E-state index contributed by atoms with van der Waals surface area (Å²) in [6, 6.07) is 7.35. The minimum atomic E-state index is -0.132. The lowest BCUT2D eigenvalue weighted by molar-refractivity contribution is -0.123. The second kappa shape index (κ2) is 7.55. The van der Waals surface area contributed by atoms with E-state index in [4.69, 9.17) is 9.47 Å². The molecule has 1 amide bonds. The highest BCUT2D eigenvalue weighted by Gasteiger charge is 2.04. The van der Waals surface area contributed by atoms with Crippen molar-refractivity contribution in [1.82, 2.24) is 10.6 Å². The second-order valence-corrected chi connectivity index (χ2v) is 3.96. The molecule has 0 heterocycles. The highest BCUT2D eigenvalue weighted by Crippen LogP contribution is 2.16. The molecule has 0 aliphatic carbocycles. The lowest BCUT2D eigenvalue weighted by Crippen LogP contribution is -2.39. The first-order chi connectivity index (χ1) is 8.65. The highest BCUT2D eigenvalue weighted by molar-refractivity contribution is 5.77. The molecule has 1 aromatic carbocycles. The van der Waals surface area contributed by atoms with Gasteiger partial charge in [-0.1, -0.05) is 0 Å². The van der Waals surface area contributed by atoms with Crippen LogP contribution in [0.15, 0.2) is 24.3 Å². The van der Waals surface area contributed by atoms with Gasteiger partial charge in [0.05, 0.1) is 7.11 Å². The average molecular weight is 252 g/mol. The number of likely N-dealkylation sites (N-methyl/N-ethyl adjacent to an activating group) is 1. The summed E-state index contributed by atoms with van der Waals surface area (Å²) in [6.07, 6.45) is 0. The number of hydrogen-bond donors (Lipinski definition) is 2. The van der Waals surface area contributed by atoms with E-state index in [2.05, 4.69) is 10.6 Å². The second-order valence-electron chi connectivity index (χ2n) is 3.96. The molecule has 0 spiro atoms. The first-order valence-corrected chi connectivity index (χ1v) is 5.86. The lowest BCUT2D eigenvalue weighted by atomic mass is 10.3. The maximum Gasteiger partial charge on any atom is 0.257 e. The molecule has 0 aliphatic heterocycles. The van der Waals surface area contributed by atoms with Crippen LogP contribution in [0.1, 0.15) is 6.92 Å². The molecular formula is C13H20N2O3. The number of rotatable bonds is 7. The monoisotopic (exact) mass is 252 g/mol. The van der Waals surface area contributed by atoms with E-state index in [0.29, 0.717) is 12.3 Å². The Labute approximate surface area is 107 Å². The Morgan fingerprint density at radius 3 is 2.44 bits per heavy atom. The van der Waals surface area contributed by atoms with Crippen molar-refractivity contribution >= 4 is 5.91 Å². The molecule has 1 atom stereocenters. The molecule has 0 saturated carbocycles. The minimum absolute atomic E-state index is 0.0166. The van der Waals surface area contributed by atoms with Crippen LogP contribution < -0.4 is 20.1 Å². The van der Waals surface area contributed by atoms with Gasteiger partial charge in [0.1, 0.15) is 11.5 Å². The molecule has 0 fully saturated rings. The van der Waals surface area contributed by atoms with Crippen molar-refractivity contribution in [3.63, 3.8) is 0 Å². The SMILES string of the molecule is CNC(C)CNC(=O)COc1ccc(OC)cc1. The number of benzene rings is 1. The Hall–Kier alpha value is -1.75. The zero-order valence-corrected chi connectivity index (χ0v) is 11.0. The third-order valence-corrected chi connectivity index (χ3v) is 2.53. The van der Waals surface area contributed by atoms with E-state index in [1.54, 1.807) is 31.4 Å². The number of hydrogen-bond acceptors (Lipinski definition) is 4. The van der Waals surface area contributed by atoms with Gasteiger partial charge in [-0.15, -0.1) is 0 Å². The van der Waals surface area contributed by atoms with Gasteiger partial charge >= 0.3 is 0 Å². The molecule has 1 rings (SSSR count). The van der Waals surface area contributed by atoms with Crippen LogP contribution in [0.4, 0.5) is 0 Å². The van der Waals surface area contributed by atoms with Gasteiger partial charge < -0.3 is 20.1 Å². The molecular weight excluding hydrogens is 232 g/mol. The molecule has 0 aromatic heterocycles. The van der Waals surface area contributed by atoms with Crippen molar-refractivity contribution in [1.29, 1.82) is 0 Å². The van der Waals surface area contributed by atoms with Crippen LogP contribution in [0.2, 0.25) is 0 Å². The van der Waals surface area contributed by atoms with E-state index in [-0.39, 0.29) is 18.6 Å². The summed E-state index contributed by atoms with van der Waals surface area (Å²) in [7, 11) is 3.46. The van der Waals surface area contributed by atoms with Crippen LogP contribution >= 0.6 is 0 Å². The first kappa shape index (κ1) is 14.3. The van der Waals surface area contributed by atoms with E-state index in [9.17, 15) is 4.79 Å². The summed E-state index contributed by atoms with van der Waals surface area (Å²) in [5.74, 6) is 1.27. The molecule has 1 unspecified atom stereocenters. The van der Waals surface area contributed by atoms with Crippen LogP contribution in [-0.2, 0) is 4.79 Å². The number of carbonyl (C=O) groups is 1. The first-order valence-electron chi connectivity index (χ1n) is 5.86. The van der Waals surface area contributed by atoms with Crippen molar-refractivity contribution in [2.24, 2.45) is 0 Å². The van der Waals surface area contributed by atoms with Gasteiger partial charge in [0.2, 0.25) is 0 Å². The van der Waals surface area contributed by atoms with Gasteiger partial charge in [-0.05, 0) is 38.2 Å². The highest BCUT2D eigenvalue weighted by atomic mass is 16.5. The van der Waals surface area contributed by atoms with Gasteiger partial charge in [-0.25, -0.2) is 0 Å². The summed E-state index contributed by atoms with van der Waals surface area (Å²) in [5.41, 5.74) is 0. The smallest absolute Gasteiger partial charge is 0.257 e. The molecule has 0 radical (unpaired) electrons. The van der Waals surface area contributed by atoms with E-state index >= 15 is 0 Å². The third kappa shape index (κ3) is 5.05. The summed E-state index contributed by atoms with van der Waals surface area (Å²) in [4.78, 5) is 11.5. The Morgan fingerprint density at radius 2 is 1.89 bits per heavy atom. The predicted octanol–water partition coefficient (Wildman–Crippen LogP) is 0.798. The van der Waals surface area contributed by atoms with Gasteiger partial charge in [0, 0.05) is 12.6 Å². The molecule has 2 N–H and O–H groups in total. The van der Waals surface area contributed by atoms with Crippen molar-refractivity contribution < 1.29 is 14.3 Å². The fraction of sp³-hybridized carbons (Fsp3) is 0.462. The minimum Gasteiger partial charge on any atom is -0.497 e. The number of amides is 1. The third-order valence-electron chi connectivity index (χ3n) is 2.53. The van der Waals surface area contributed by atoms with Crippen molar-refractivity contribution in [2.45, 2.75) is 13.0 Å². The fourth-order valence-corrected chi connectivity index (χ4v) is 1.24. The Balaban J connectivity index is 2.29. The van der Waals surface area contributed by atoms with Crippen molar-refractivity contribution in [2.75, 3.05) is 27.3 Å². The topological polar surface area (TPSA) is 59.6 Å². The maximum absolute atomic E-state index is 11.5. The standard InChI is InChI=1S/C13H20N2O3/c1-10(14-2)8-15-13(16)9-18-12-6-4-11(17-3)5-7-12/h4-7,10,14H,8-9H2,1-3H3,(H,15,16). The van der Waals surface area contributed by atoms with E-state index in [1.807, 2.05) is 14.0 Å². The summed E-state index contributed by atoms with van der Waals surface area (Å²) in [6.45, 7) is 2.59. The molecule has 5 heteroatoms. The summed E-state index contributed by atoms with van der Waals surface area (Å²) < 4.78 is 10.4. The molecule has 0 aliphatic rings. The molecule has 1 aromatic rings. The van der Waals surface area contributed by atoms with Gasteiger partial charge in [0.25, 0.3) is 5.91 Å². The molecule has 18 heavy (non-hydrogen) atoms. The number of carbonyl (C=O) groups excluding carboxylic acids is 1. The predicted molar refractivity (Wildman–Crippen MR) is 70.0 cm³/mol. The van der Waals surface area contributed by atoms with Gasteiger partial charge in [0.15, 0.2) is 6.61 Å². The largest absolute Gasteiger partial charge is 0.497 e. The van der Waals surface area contributed by atoms with Crippen LogP contribution in [0, 0.1) is 0 Å². The lowest BCUT2D eigenvalue weighted by Gasteiger charge is -2.12. The van der Waals surface area contributed by atoms with E-state index < -0.39 is 0 Å². The Kier molecular flexibility index (Phi) is 6.00. The average Bonchev–Trinajstić information content (AvgIpc) is 2.42. The molecule has 5 nitrogen and oxygen atoms in total. The van der Waals surface area contributed by atoms with E-state index in [1.165, 1.54) is 0 Å². The van der Waals surface area contributed by atoms with Crippen molar-refractivity contribution in [3.05, 3.63) is 24.3 Å². The van der Waals surface area contributed by atoms with Gasteiger partial charge in [-0.3, -0.25) is 4.79 Å². The Bertz CT molecular complexity index is 365. The zero-order valence-electron chi connectivity index (χ0n) is 11.0. The fourth-order valence-electron chi connectivity index (χ4n) is 1.24. The van der Waals surface area contributed by atoms with Crippen LogP contribution in [0.5, 0.6) is 11.5 Å². The van der Waals surface area contributed by atoms with Crippen LogP contribution in [-0.4, -0.2) is 39.3 Å². The summed E-state index contributed by atoms with van der Waals surface area (Å²) >= 11 is 0. The Morgan fingerprint density at radius 1 is 1.28 bits per heavy atom. The van der Waals surface area contributed by atoms with E-state index in [0.717, 1.165) is 5.75 Å². The zero-order chi connectivity index (χ0) is 13.4. The van der Waals surface area contributed by atoms with Gasteiger partial charge in [-0.2, -0.15) is 0 Å².